The van der Waals surface area contributed by atoms with E-state index < -0.39 is 0 Å². The van der Waals surface area contributed by atoms with E-state index in [0.717, 1.165) is 21.9 Å². The number of halogens is 1. The van der Waals surface area contributed by atoms with Crippen LogP contribution >= 0.6 is 22.9 Å². The Morgan fingerprint density at radius 3 is 2.79 bits per heavy atom. The van der Waals surface area contributed by atoms with Gasteiger partial charge in [0, 0.05) is 30.1 Å². The zero-order valence-corrected chi connectivity index (χ0v) is 14.6. The van der Waals surface area contributed by atoms with Crippen molar-refractivity contribution in [2.45, 2.75) is 19.5 Å². The van der Waals surface area contributed by atoms with Gasteiger partial charge in [0.25, 0.3) is 5.91 Å². The van der Waals surface area contributed by atoms with Crippen molar-refractivity contribution in [1.29, 1.82) is 0 Å². The molecule has 1 N–H and O–H groups in total. The predicted molar refractivity (Wildman–Crippen MR) is 96.3 cm³/mol. The molecule has 0 bridgehead atoms. The lowest BCUT2D eigenvalue weighted by Crippen LogP contribution is -2.35. The molecule has 0 unspecified atom stereocenters. The van der Waals surface area contributed by atoms with Gasteiger partial charge in [0.05, 0.1) is 4.34 Å². The standard InChI is InChI=1S/C18H17ClN2O2S/c1-2-17(22)20-10-12-3-5-13(6-4-12)18(23)21-8-7-15-14(11-21)9-16(19)24-15/h2-6,9H,1,7-8,10-11H2,(H,20,22). The molecule has 4 nitrogen and oxygen atoms in total. The molecule has 24 heavy (non-hydrogen) atoms. The average molecular weight is 361 g/mol. The molecule has 0 aliphatic carbocycles. The van der Waals surface area contributed by atoms with E-state index in [1.165, 1.54) is 11.0 Å². The Morgan fingerprint density at radius 1 is 1.33 bits per heavy atom. The molecule has 0 atom stereocenters. The highest BCUT2D eigenvalue weighted by Gasteiger charge is 2.23. The fourth-order valence-electron chi connectivity index (χ4n) is 2.68. The van der Waals surface area contributed by atoms with E-state index >= 15 is 0 Å². The maximum absolute atomic E-state index is 12.7. The van der Waals surface area contributed by atoms with Crippen LogP contribution in [0.25, 0.3) is 0 Å². The summed E-state index contributed by atoms with van der Waals surface area (Å²) in [5.74, 6) is -0.196. The lowest BCUT2D eigenvalue weighted by Gasteiger charge is -2.27. The summed E-state index contributed by atoms with van der Waals surface area (Å²) in [4.78, 5) is 26.9. The Morgan fingerprint density at radius 2 is 2.08 bits per heavy atom. The van der Waals surface area contributed by atoms with E-state index in [9.17, 15) is 9.59 Å². The minimum Gasteiger partial charge on any atom is -0.348 e. The van der Waals surface area contributed by atoms with Gasteiger partial charge in [-0.3, -0.25) is 9.59 Å². The largest absolute Gasteiger partial charge is 0.348 e. The highest BCUT2D eigenvalue weighted by atomic mass is 35.5. The van der Waals surface area contributed by atoms with Crippen molar-refractivity contribution in [3.63, 3.8) is 0 Å². The van der Waals surface area contributed by atoms with Crippen LogP contribution in [-0.4, -0.2) is 23.3 Å². The molecule has 1 aliphatic heterocycles. The van der Waals surface area contributed by atoms with Gasteiger partial charge in [-0.1, -0.05) is 30.3 Å². The second kappa shape index (κ2) is 7.20. The summed E-state index contributed by atoms with van der Waals surface area (Å²) in [5.41, 5.74) is 2.74. The first-order chi connectivity index (χ1) is 11.6. The number of fused-ring (bicyclic) bond motifs is 1. The normalized spacial score (nSPS) is 13.3. The fourth-order valence-corrected chi connectivity index (χ4v) is 3.97. The van der Waals surface area contributed by atoms with Crippen LogP contribution in [0.5, 0.6) is 0 Å². The highest BCUT2D eigenvalue weighted by Crippen LogP contribution is 2.31. The quantitative estimate of drug-likeness (QED) is 0.849. The first-order valence-electron chi connectivity index (χ1n) is 7.62. The van der Waals surface area contributed by atoms with Crippen LogP contribution in [0.3, 0.4) is 0 Å². The van der Waals surface area contributed by atoms with E-state index in [4.69, 9.17) is 11.6 Å². The van der Waals surface area contributed by atoms with Crippen molar-refractivity contribution in [1.82, 2.24) is 10.2 Å². The average Bonchev–Trinajstić information content (AvgIpc) is 2.98. The van der Waals surface area contributed by atoms with Crippen molar-refractivity contribution in [3.05, 3.63) is 68.9 Å². The zero-order valence-electron chi connectivity index (χ0n) is 13.0. The number of hydrogen-bond acceptors (Lipinski definition) is 3. The summed E-state index contributed by atoms with van der Waals surface area (Å²) in [7, 11) is 0. The van der Waals surface area contributed by atoms with Crippen molar-refractivity contribution in [2.24, 2.45) is 0 Å². The molecule has 0 saturated carbocycles. The predicted octanol–water partition coefficient (Wildman–Crippen LogP) is 3.40. The lowest BCUT2D eigenvalue weighted by molar-refractivity contribution is -0.116. The third-order valence-electron chi connectivity index (χ3n) is 3.98. The van der Waals surface area contributed by atoms with E-state index in [1.54, 1.807) is 23.5 Å². The molecule has 2 amide bonds. The van der Waals surface area contributed by atoms with Crippen LogP contribution in [0.15, 0.2) is 43.0 Å². The van der Waals surface area contributed by atoms with Gasteiger partial charge in [-0.2, -0.15) is 0 Å². The fraction of sp³-hybridized carbons (Fsp3) is 0.222. The van der Waals surface area contributed by atoms with E-state index in [0.29, 0.717) is 25.2 Å². The number of rotatable bonds is 4. The van der Waals surface area contributed by atoms with Crippen molar-refractivity contribution >= 4 is 34.8 Å². The smallest absolute Gasteiger partial charge is 0.254 e. The van der Waals surface area contributed by atoms with Gasteiger partial charge in [-0.05, 0) is 41.8 Å². The van der Waals surface area contributed by atoms with Crippen LogP contribution in [0, 0.1) is 0 Å². The molecule has 0 spiro atoms. The molecule has 124 valence electrons. The Bertz CT molecular complexity index is 783. The number of nitrogens with one attached hydrogen (secondary N) is 1. The molecule has 0 radical (unpaired) electrons. The van der Waals surface area contributed by atoms with Crippen LogP contribution in [-0.2, 0) is 24.3 Å². The van der Waals surface area contributed by atoms with Gasteiger partial charge in [-0.25, -0.2) is 0 Å². The van der Waals surface area contributed by atoms with E-state index in [2.05, 4.69) is 11.9 Å². The third-order valence-corrected chi connectivity index (χ3v) is 5.34. The molecule has 0 fully saturated rings. The summed E-state index contributed by atoms with van der Waals surface area (Å²) in [6.45, 7) is 5.14. The Labute approximate surface area is 149 Å². The number of benzene rings is 1. The summed E-state index contributed by atoms with van der Waals surface area (Å²) in [6.07, 6.45) is 2.09. The van der Waals surface area contributed by atoms with Gasteiger partial charge in [-0.15, -0.1) is 11.3 Å². The van der Waals surface area contributed by atoms with Crippen LogP contribution < -0.4 is 5.32 Å². The SMILES string of the molecule is C=CC(=O)NCc1ccc(C(=O)N2CCc3sc(Cl)cc3C2)cc1. The van der Waals surface area contributed by atoms with Crippen LogP contribution in [0.4, 0.5) is 0 Å². The van der Waals surface area contributed by atoms with Gasteiger partial charge >= 0.3 is 0 Å². The first kappa shape index (κ1) is 16.7. The molecule has 6 heteroatoms. The maximum atomic E-state index is 12.7. The maximum Gasteiger partial charge on any atom is 0.254 e. The first-order valence-corrected chi connectivity index (χ1v) is 8.82. The molecule has 2 heterocycles. The molecule has 3 rings (SSSR count). The van der Waals surface area contributed by atoms with E-state index in [-0.39, 0.29) is 11.8 Å². The van der Waals surface area contributed by atoms with Crippen molar-refractivity contribution < 1.29 is 9.59 Å². The number of thiophene rings is 1. The zero-order chi connectivity index (χ0) is 17.1. The number of nitrogens with zero attached hydrogens (tertiary/aromatic N) is 1. The Hall–Kier alpha value is -2.11. The van der Waals surface area contributed by atoms with Gasteiger partial charge in [0.1, 0.15) is 0 Å². The minimum atomic E-state index is -0.214. The topological polar surface area (TPSA) is 49.4 Å². The van der Waals surface area contributed by atoms with E-state index in [1.807, 2.05) is 23.1 Å². The molecule has 1 aromatic carbocycles. The third kappa shape index (κ3) is 3.68. The van der Waals surface area contributed by atoms with Crippen LogP contribution in [0.2, 0.25) is 4.34 Å². The number of hydrogen-bond donors (Lipinski definition) is 1. The molecular weight excluding hydrogens is 344 g/mol. The lowest BCUT2D eigenvalue weighted by atomic mass is 10.1. The summed E-state index contributed by atoms with van der Waals surface area (Å²) < 4.78 is 0.778. The summed E-state index contributed by atoms with van der Waals surface area (Å²) >= 11 is 7.65. The van der Waals surface area contributed by atoms with Crippen molar-refractivity contribution in [2.75, 3.05) is 6.54 Å². The Kier molecular flexibility index (Phi) is 5.02. The minimum absolute atomic E-state index is 0.0182. The molecule has 1 aliphatic rings. The second-order valence-corrected chi connectivity index (χ2v) is 7.36. The number of carbonyl (C=O) groups is 2. The summed E-state index contributed by atoms with van der Waals surface area (Å²) in [5, 5.41) is 2.71. The van der Waals surface area contributed by atoms with Gasteiger partial charge in [0.15, 0.2) is 0 Å². The molecule has 2 aromatic rings. The van der Waals surface area contributed by atoms with Gasteiger partial charge < -0.3 is 10.2 Å². The highest BCUT2D eigenvalue weighted by molar-refractivity contribution is 7.16. The van der Waals surface area contributed by atoms with Crippen LogP contribution in [0.1, 0.15) is 26.4 Å². The Balaban J connectivity index is 1.65. The molecular formula is C18H17ClN2O2S. The molecule has 0 saturated heterocycles. The number of carbonyl (C=O) groups excluding carboxylic acids is 2. The second-order valence-electron chi connectivity index (χ2n) is 5.59. The molecule has 1 aromatic heterocycles. The summed E-state index contributed by atoms with van der Waals surface area (Å²) in [6, 6.07) is 9.26. The van der Waals surface area contributed by atoms with Gasteiger partial charge in [0.2, 0.25) is 5.91 Å². The van der Waals surface area contributed by atoms with Crippen molar-refractivity contribution in [3.8, 4) is 0 Å². The monoisotopic (exact) mass is 360 g/mol. The number of amides is 2.